The second-order valence-electron chi connectivity index (χ2n) is 3.83. The normalized spacial score (nSPS) is 10.5. The van der Waals surface area contributed by atoms with E-state index >= 15 is 0 Å². The largest absolute Gasteiger partial charge is 0.388 e. The zero-order valence-electron chi connectivity index (χ0n) is 9.93. The van der Waals surface area contributed by atoms with Crippen LogP contribution in [-0.2, 0) is 0 Å². The van der Waals surface area contributed by atoms with Crippen molar-refractivity contribution in [1.29, 1.82) is 0 Å². The van der Waals surface area contributed by atoms with E-state index in [1.807, 2.05) is 20.8 Å². The first kappa shape index (κ1) is 11.7. The van der Waals surface area contributed by atoms with Crippen molar-refractivity contribution in [1.82, 2.24) is 19.7 Å². The predicted octanol–water partition coefficient (Wildman–Crippen LogP) is 1.22. The molecule has 0 aliphatic carbocycles. The van der Waals surface area contributed by atoms with Gasteiger partial charge in [0.25, 0.3) is 0 Å². The number of rotatable bonds is 2. The van der Waals surface area contributed by atoms with Crippen molar-refractivity contribution >= 4 is 17.2 Å². The van der Waals surface area contributed by atoms with Crippen LogP contribution in [0, 0.1) is 20.8 Å². The minimum Gasteiger partial charge on any atom is -0.388 e. The molecule has 0 radical (unpaired) electrons. The van der Waals surface area contributed by atoms with E-state index in [2.05, 4.69) is 15.1 Å². The van der Waals surface area contributed by atoms with Crippen LogP contribution >= 0.6 is 12.2 Å². The van der Waals surface area contributed by atoms with Crippen LogP contribution in [0.1, 0.15) is 22.6 Å². The number of aromatic nitrogens is 4. The molecular formula is C11H13N5S. The Morgan fingerprint density at radius 1 is 1.24 bits per heavy atom. The van der Waals surface area contributed by atoms with E-state index in [1.54, 1.807) is 17.1 Å². The van der Waals surface area contributed by atoms with Gasteiger partial charge in [0.05, 0.1) is 18.1 Å². The Morgan fingerprint density at radius 3 is 2.35 bits per heavy atom. The molecule has 2 rings (SSSR count). The van der Waals surface area contributed by atoms with E-state index in [4.69, 9.17) is 18.0 Å². The molecule has 0 aliphatic heterocycles. The molecule has 0 saturated heterocycles. The Labute approximate surface area is 105 Å². The molecule has 2 aromatic rings. The van der Waals surface area contributed by atoms with Gasteiger partial charge in [-0.25, -0.2) is 14.6 Å². The minimum atomic E-state index is 0.244. The summed E-state index contributed by atoms with van der Waals surface area (Å²) in [5.41, 5.74) is 9.18. The fourth-order valence-electron chi connectivity index (χ4n) is 1.50. The molecule has 0 atom stereocenters. The van der Waals surface area contributed by atoms with Gasteiger partial charge < -0.3 is 5.73 Å². The molecule has 88 valence electrons. The van der Waals surface area contributed by atoms with E-state index in [-0.39, 0.29) is 4.99 Å². The van der Waals surface area contributed by atoms with E-state index in [0.29, 0.717) is 11.5 Å². The van der Waals surface area contributed by atoms with Crippen molar-refractivity contribution in [3.8, 4) is 5.82 Å². The van der Waals surface area contributed by atoms with Crippen molar-refractivity contribution in [2.75, 3.05) is 0 Å². The Bertz CT molecular complexity index is 570. The lowest BCUT2D eigenvalue weighted by Gasteiger charge is -2.03. The molecule has 0 aliphatic rings. The zero-order chi connectivity index (χ0) is 12.6. The lowest BCUT2D eigenvalue weighted by molar-refractivity contribution is 0.798. The maximum absolute atomic E-state index is 5.47. The fourth-order valence-corrected chi connectivity index (χ4v) is 1.61. The number of aryl methyl sites for hydroxylation is 1. The van der Waals surface area contributed by atoms with Gasteiger partial charge in [0.2, 0.25) is 0 Å². The summed E-state index contributed by atoms with van der Waals surface area (Å²) in [6, 6.07) is 0. The molecule has 17 heavy (non-hydrogen) atoms. The summed E-state index contributed by atoms with van der Waals surface area (Å²) in [6.45, 7) is 6.00. The molecule has 2 aromatic heterocycles. The topological polar surface area (TPSA) is 69.6 Å². The van der Waals surface area contributed by atoms with E-state index in [0.717, 1.165) is 17.0 Å². The first-order valence-corrected chi connectivity index (χ1v) is 5.56. The molecule has 0 aromatic carbocycles. The van der Waals surface area contributed by atoms with Crippen LogP contribution in [0.4, 0.5) is 0 Å². The highest BCUT2D eigenvalue weighted by atomic mass is 32.1. The van der Waals surface area contributed by atoms with Gasteiger partial charge >= 0.3 is 0 Å². The molecule has 0 fully saturated rings. The summed E-state index contributed by atoms with van der Waals surface area (Å²) in [5, 5.41) is 4.40. The van der Waals surface area contributed by atoms with Crippen molar-refractivity contribution in [3.63, 3.8) is 0 Å². The molecule has 2 N–H and O–H groups in total. The van der Waals surface area contributed by atoms with Crippen molar-refractivity contribution in [3.05, 3.63) is 35.0 Å². The van der Waals surface area contributed by atoms with E-state index in [9.17, 15) is 0 Å². The van der Waals surface area contributed by atoms with Crippen LogP contribution in [0.5, 0.6) is 0 Å². The molecular weight excluding hydrogens is 234 g/mol. The Morgan fingerprint density at radius 2 is 1.94 bits per heavy atom. The average Bonchev–Trinajstić information content (AvgIpc) is 2.57. The van der Waals surface area contributed by atoms with Gasteiger partial charge in [0.1, 0.15) is 10.7 Å². The highest BCUT2D eigenvalue weighted by molar-refractivity contribution is 7.80. The summed E-state index contributed by atoms with van der Waals surface area (Å²) in [6.07, 6.45) is 3.18. The Kier molecular flexibility index (Phi) is 2.89. The molecule has 0 unspecified atom stereocenters. The highest BCUT2D eigenvalue weighted by Gasteiger charge is 2.10. The summed E-state index contributed by atoms with van der Waals surface area (Å²) >= 11 is 4.83. The quantitative estimate of drug-likeness (QED) is 0.808. The van der Waals surface area contributed by atoms with Crippen LogP contribution in [-0.4, -0.2) is 24.7 Å². The first-order chi connectivity index (χ1) is 8.00. The van der Waals surface area contributed by atoms with Gasteiger partial charge in [-0.2, -0.15) is 5.10 Å². The Hall–Kier alpha value is -1.82. The van der Waals surface area contributed by atoms with E-state index < -0.39 is 0 Å². The van der Waals surface area contributed by atoms with Gasteiger partial charge in [-0.3, -0.25) is 0 Å². The van der Waals surface area contributed by atoms with Crippen molar-refractivity contribution in [2.45, 2.75) is 20.8 Å². The zero-order valence-corrected chi connectivity index (χ0v) is 10.7. The summed E-state index contributed by atoms with van der Waals surface area (Å²) in [7, 11) is 0. The lowest BCUT2D eigenvalue weighted by atomic mass is 10.2. The lowest BCUT2D eigenvalue weighted by Crippen LogP contribution is -2.13. The van der Waals surface area contributed by atoms with Crippen LogP contribution in [0.2, 0.25) is 0 Å². The van der Waals surface area contributed by atoms with Gasteiger partial charge in [0, 0.05) is 5.69 Å². The molecule has 5 nitrogen and oxygen atoms in total. The third-order valence-electron chi connectivity index (χ3n) is 2.76. The second kappa shape index (κ2) is 4.21. The number of hydrogen-bond acceptors (Lipinski definition) is 4. The number of thiocarbonyl (C=S) groups is 1. The fraction of sp³-hybridized carbons (Fsp3) is 0.273. The smallest absolute Gasteiger partial charge is 0.172 e. The monoisotopic (exact) mass is 247 g/mol. The summed E-state index contributed by atoms with van der Waals surface area (Å²) < 4.78 is 1.76. The van der Waals surface area contributed by atoms with Gasteiger partial charge in [0.15, 0.2) is 5.82 Å². The molecule has 0 saturated carbocycles. The number of nitrogens with zero attached hydrogens (tertiary/aromatic N) is 4. The van der Waals surface area contributed by atoms with Crippen LogP contribution < -0.4 is 5.73 Å². The SMILES string of the molecule is Cc1nn(-c2cnc(C(N)=S)cn2)c(C)c1C. The highest BCUT2D eigenvalue weighted by Crippen LogP contribution is 2.14. The van der Waals surface area contributed by atoms with Crippen molar-refractivity contribution < 1.29 is 0 Å². The maximum Gasteiger partial charge on any atom is 0.172 e. The summed E-state index contributed by atoms with van der Waals surface area (Å²) in [5.74, 6) is 0.665. The average molecular weight is 247 g/mol. The third-order valence-corrected chi connectivity index (χ3v) is 2.97. The molecule has 0 amide bonds. The number of nitrogens with two attached hydrogens (primary N) is 1. The first-order valence-electron chi connectivity index (χ1n) is 5.15. The van der Waals surface area contributed by atoms with Gasteiger partial charge in [-0.1, -0.05) is 12.2 Å². The van der Waals surface area contributed by atoms with Gasteiger partial charge in [-0.15, -0.1) is 0 Å². The van der Waals surface area contributed by atoms with Crippen molar-refractivity contribution in [2.24, 2.45) is 5.73 Å². The molecule has 0 bridgehead atoms. The molecule has 0 spiro atoms. The van der Waals surface area contributed by atoms with E-state index in [1.165, 1.54) is 0 Å². The molecule has 6 heteroatoms. The van der Waals surface area contributed by atoms with Crippen LogP contribution in [0.3, 0.4) is 0 Å². The standard InChI is InChI=1S/C11H13N5S/c1-6-7(2)15-16(8(6)3)10-5-13-9(4-14-10)11(12)17/h4-5H,1-3H3,(H2,12,17). The third kappa shape index (κ3) is 2.03. The molecule has 2 heterocycles. The second-order valence-corrected chi connectivity index (χ2v) is 4.27. The maximum atomic E-state index is 5.47. The predicted molar refractivity (Wildman–Crippen MR) is 69.3 cm³/mol. The number of hydrogen-bond donors (Lipinski definition) is 1. The van der Waals surface area contributed by atoms with Crippen LogP contribution in [0.15, 0.2) is 12.4 Å². The Balaban J connectivity index is 2.47. The van der Waals surface area contributed by atoms with Gasteiger partial charge in [-0.05, 0) is 26.3 Å². The minimum absolute atomic E-state index is 0.244. The van der Waals surface area contributed by atoms with Crippen LogP contribution in [0.25, 0.3) is 5.82 Å². The summed E-state index contributed by atoms with van der Waals surface area (Å²) in [4.78, 5) is 8.65.